The minimum Gasteiger partial charge on any atom is -0.341 e. The van der Waals surface area contributed by atoms with Crippen LogP contribution < -0.4 is 5.32 Å². The second-order valence-electron chi connectivity index (χ2n) is 7.82. The van der Waals surface area contributed by atoms with Gasteiger partial charge in [0.05, 0.1) is 0 Å². The number of benzene rings is 2. The predicted molar refractivity (Wildman–Crippen MR) is 113 cm³/mol. The molecule has 3 nitrogen and oxygen atoms in total. The number of carbonyl (C=O) groups is 1. The summed E-state index contributed by atoms with van der Waals surface area (Å²) in [5.74, 6) is 0.654. The maximum atomic E-state index is 12.8. The molecule has 1 amide bonds. The average molecular weight is 371 g/mol. The third kappa shape index (κ3) is 5.01. The molecule has 0 bridgehead atoms. The number of thiol groups is 1. The largest absolute Gasteiger partial charge is 0.341 e. The van der Waals surface area contributed by atoms with Gasteiger partial charge < -0.3 is 10.2 Å². The van der Waals surface area contributed by atoms with E-state index in [2.05, 4.69) is 79.2 Å². The van der Waals surface area contributed by atoms with Crippen LogP contribution in [-0.2, 0) is 11.2 Å². The number of carbonyl (C=O) groups excluding carboxylic acids is 1. The first-order chi connectivity index (χ1) is 12.5. The van der Waals surface area contributed by atoms with Crippen LogP contribution in [0.25, 0.3) is 10.8 Å². The van der Waals surface area contributed by atoms with Crippen molar-refractivity contribution < 1.29 is 4.79 Å². The van der Waals surface area contributed by atoms with Gasteiger partial charge in [0.15, 0.2) is 0 Å². The van der Waals surface area contributed by atoms with E-state index in [9.17, 15) is 4.79 Å². The smallest absolute Gasteiger partial charge is 0.222 e. The Bertz CT molecular complexity index is 741. The van der Waals surface area contributed by atoms with Crippen LogP contribution in [0.5, 0.6) is 0 Å². The Morgan fingerprint density at radius 1 is 1.23 bits per heavy atom. The lowest BCUT2D eigenvalue weighted by molar-refractivity contribution is -0.132. The summed E-state index contributed by atoms with van der Waals surface area (Å²) in [6, 6.07) is 15.3. The average Bonchev–Trinajstić information content (AvgIpc) is 3.03. The molecule has 140 valence electrons. The van der Waals surface area contributed by atoms with E-state index in [-0.39, 0.29) is 5.91 Å². The van der Waals surface area contributed by atoms with Crippen molar-refractivity contribution in [3.63, 3.8) is 0 Å². The van der Waals surface area contributed by atoms with Gasteiger partial charge in [-0.3, -0.25) is 4.79 Å². The molecule has 3 rings (SSSR count). The van der Waals surface area contributed by atoms with Crippen LogP contribution in [-0.4, -0.2) is 41.7 Å². The third-order valence-corrected chi connectivity index (χ3v) is 5.50. The minimum atomic E-state index is 0.268. The van der Waals surface area contributed by atoms with E-state index in [0.29, 0.717) is 23.6 Å². The minimum absolute atomic E-state index is 0.268. The van der Waals surface area contributed by atoms with Crippen LogP contribution in [0.4, 0.5) is 0 Å². The Balaban J connectivity index is 1.70. The van der Waals surface area contributed by atoms with Crippen molar-refractivity contribution in [1.82, 2.24) is 10.2 Å². The maximum Gasteiger partial charge on any atom is 0.222 e. The van der Waals surface area contributed by atoms with Crippen LogP contribution in [0.15, 0.2) is 42.5 Å². The van der Waals surface area contributed by atoms with Crippen LogP contribution in [0, 0.1) is 5.92 Å². The van der Waals surface area contributed by atoms with Gasteiger partial charge in [-0.1, -0.05) is 56.3 Å². The molecule has 2 atom stereocenters. The van der Waals surface area contributed by atoms with Crippen LogP contribution in [0.2, 0.25) is 0 Å². The zero-order valence-corrected chi connectivity index (χ0v) is 16.7. The molecule has 2 aromatic rings. The first-order valence-electron chi connectivity index (χ1n) is 9.69. The Morgan fingerprint density at radius 2 is 2.00 bits per heavy atom. The fraction of sp³-hybridized carbons (Fsp3) is 0.500. The Labute approximate surface area is 162 Å². The van der Waals surface area contributed by atoms with Crippen molar-refractivity contribution in [2.24, 2.45) is 5.92 Å². The molecule has 0 aromatic heterocycles. The maximum absolute atomic E-state index is 12.8. The number of hydrogen-bond donors (Lipinski definition) is 2. The number of fused-ring (bicyclic) bond motifs is 1. The first-order valence-corrected chi connectivity index (χ1v) is 10.2. The highest BCUT2D eigenvalue weighted by Crippen LogP contribution is 2.20. The quantitative estimate of drug-likeness (QED) is 0.724. The van der Waals surface area contributed by atoms with Gasteiger partial charge in [0.2, 0.25) is 5.91 Å². The second-order valence-corrected chi connectivity index (χ2v) is 8.55. The summed E-state index contributed by atoms with van der Waals surface area (Å²) in [4.78, 5) is 14.8. The lowest BCUT2D eigenvalue weighted by atomic mass is 10.0. The highest BCUT2D eigenvalue weighted by Gasteiger charge is 2.25. The van der Waals surface area contributed by atoms with Crippen LogP contribution in [0.3, 0.4) is 0 Å². The van der Waals surface area contributed by atoms with Crippen molar-refractivity contribution in [3.05, 3.63) is 48.0 Å². The normalized spacial score (nSPS) is 20.0. The van der Waals surface area contributed by atoms with Gasteiger partial charge in [0.1, 0.15) is 0 Å². The van der Waals surface area contributed by atoms with Gasteiger partial charge in [0.25, 0.3) is 0 Å². The zero-order chi connectivity index (χ0) is 18.5. The molecule has 1 N–H and O–H groups in total. The molecular weight excluding hydrogens is 340 g/mol. The van der Waals surface area contributed by atoms with E-state index >= 15 is 0 Å². The molecule has 2 aromatic carbocycles. The van der Waals surface area contributed by atoms with Gasteiger partial charge in [-0.25, -0.2) is 0 Å². The fourth-order valence-corrected chi connectivity index (χ4v) is 4.12. The van der Waals surface area contributed by atoms with E-state index in [1.54, 1.807) is 0 Å². The molecule has 0 radical (unpaired) electrons. The van der Waals surface area contributed by atoms with Crippen molar-refractivity contribution in [2.75, 3.05) is 19.6 Å². The van der Waals surface area contributed by atoms with E-state index in [1.807, 2.05) is 0 Å². The molecule has 0 aliphatic carbocycles. The van der Waals surface area contributed by atoms with Gasteiger partial charge in [-0.2, -0.15) is 12.6 Å². The molecule has 2 unspecified atom stereocenters. The van der Waals surface area contributed by atoms with Crippen molar-refractivity contribution in [2.45, 2.75) is 44.4 Å². The van der Waals surface area contributed by atoms with Gasteiger partial charge in [-0.15, -0.1) is 0 Å². The number of rotatable bonds is 7. The van der Waals surface area contributed by atoms with Crippen molar-refractivity contribution in [3.8, 4) is 0 Å². The zero-order valence-electron chi connectivity index (χ0n) is 15.8. The van der Waals surface area contributed by atoms with Crippen molar-refractivity contribution in [1.29, 1.82) is 0 Å². The lowest BCUT2D eigenvalue weighted by Crippen LogP contribution is -2.42. The monoisotopic (exact) mass is 370 g/mol. The highest BCUT2D eigenvalue weighted by atomic mass is 32.1. The standard InChI is InChI=1S/C22H30N2OS/c1-16(2)12-22(25)24(15-19-13-20(26)14-23-19)11-10-18-8-5-7-17-6-3-4-9-21(17)18/h3-9,16,19-20,23,26H,10-15H2,1-2H3. The van der Waals surface area contributed by atoms with Crippen molar-refractivity contribution >= 4 is 29.3 Å². The molecular formula is C22H30N2OS. The van der Waals surface area contributed by atoms with E-state index in [0.717, 1.165) is 32.5 Å². The first kappa shape index (κ1) is 19.2. The van der Waals surface area contributed by atoms with Gasteiger partial charge in [0, 0.05) is 37.3 Å². The molecule has 4 heteroatoms. The second kappa shape index (κ2) is 8.92. The summed E-state index contributed by atoms with van der Waals surface area (Å²) in [7, 11) is 0. The topological polar surface area (TPSA) is 32.3 Å². The summed E-state index contributed by atoms with van der Waals surface area (Å²) in [6.07, 6.45) is 2.54. The molecule has 1 aliphatic heterocycles. The Morgan fingerprint density at radius 3 is 2.73 bits per heavy atom. The molecule has 1 heterocycles. The summed E-state index contributed by atoms with van der Waals surface area (Å²) in [5, 5.41) is 6.46. The molecule has 26 heavy (non-hydrogen) atoms. The number of hydrogen-bond acceptors (Lipinski definition) is 3. The van der Waals surface area contributed by atoms with Crippen LogP contribution >= 0.6 is 12.6 Å². The molecule has 1 aliphatic rings. The number of amides is 1. The molecule has 1 fully saturated rings. The van der Waals surface area contributed by atoms with Gasteiger partial charge >= 0.3 is 0 Å². The SMILES string of the molecule is CC(C)CC(=O)N(CCc1cccc2ccccc12)CC1CC(S)CN1. The third-order valence-electron chi connectivity index (χ3n) is 5.11. The molecule has 1 saturated heterocycles. The Hall–Kier alpha value is -1.52. The lowest BCUT2D eigenvalue weighted by Gasteiger charge is -2.27. The summed E-state index contributed by atoms with van der Waals surface area (Å²) >= 11 is 4.57. The van der Waals surface area contributed by atoms with Gasteiger partial charge in [-0.05, 0) is 35.1 Å². The fourth-order valence-electron chi connectivity index (χ4n) is 3.76. The molecule has 0 saturated carbocycles. The predicted octanol–water partition coefficient (Wildman–Crippen LogP) is 3.92. The van der Waals surface area contributed by atoms with E-state index in [1.165, 1.54) is 16.3 Å². The summed E-state index contributed by atoms with van der Waals surface area (Å²) in [6.45, 7) is 6.71. The number of nitrogens with zero attached hydrogens (tertiary/aromatic N) is 1. The highest BCUT2D eigenvalue weighted by molar-refractivity contribution is 7.81. The van der Waals surface area contributed by atoms with E-state index < -0.39 is 0 Å². The van der Waals surface area contributed by atoms with E-state index in [4.69, 9.17) is 0 Å². The molecule has 0 spiro atoms. The summed E-state index contributed by atoms with van der Waals surface area (Å²) in [5.41, 5.74) is 1.32. The van der Waals surface area contributed by atoms with Crippen LogP contribution in [0.1, 0.15) is 32.3 Å². The summed E-state index contributed by atoms with van der Waals surface area (Å²) < 4.78 is 0. The number of nitrogens with one attached hydrogen (secondary N) is 1. The Kier molecular flexibility index (Phi) is 6.60.